The van der Waals surface area contributed by atoms with Crippen LogP contribution in [0.1, 0.15) is 5.56 Å². The molecule has 5 heteroatoms. The quantitative estimate of drug-likeness (QED) is 0.783. The third-order valence-corrected chi connectivity index (χ3v) is 2.31. The number of hydrogen-bond donors (Lipinski definition) is 1. The van der Waals surface area contributed by atoms with Crippen LogP contribution in [0.4, 0.5) is 8.78 Å². The first-order valence-corrected chi connectivity index (χ1v) is 5.27. The molecule has 0 aliphatic carbocycles. The molecule has 16 heavy (non-hydrogen) atoms. The average Bonchev–Trinajstić information content (AvgIpc) is 2.24. The van der Waals surface area contributed by atoms with E-state index in [-0.39, 0.29) is 5.56 Å². The summed E-state index contributed by atoms with van der Waals surface area (Å²) in [6, 6.07) is 5.73. The van der Waals surface area contributed by atoms with E-state index in [9.17, 15) is 8.78 Å². The van der Waals surface area contributed by atoms with Crippen molar-refractivity contribution in [2.24, 2.45) is 0 Å². The lowest BCUT2D eigenvalue weighted by Gasteiger charge is -2.17. The second kappa shape index (κ2) is 6.13. The van der Waals surface area contributed by atoms with Crippen molar-refractivity contribution in [3.8, 4) is 0 Å². The largest absolute Gasteiger partial charge is 0.383 e. The lowest BCUT2D eigenvalue weighted by Crippen LogP contribution is -2.32. The van der Waals surface area contributed by atoms with Crippen molar-refractivity contribution in [3.05, 3.63) is 34.9 Å². The van der Waals surface area contributed by atoms with Crippen molar-refractivity contribution in [1.29, 1.82) is 0 Å². The fourth-order valence-electron chi connectivity index (χ4n) is 1.24. The molecule has 0 bridgehead atoms. The van der Waals surface area contributed by atoms with E-state index in [2.05, 4.69) is 5.32 Å². The standard InChI is InChI=1S/C11H14ClF2NO/c1-16-6-5-15-8-11(13,14)9-3-2-4-10(12)7-9/h2-4,7,15H,5-6,8H2,1H3. The van der Waals surface area contributed by atoms with Gasteiger partial charge < -0.3 is 10.1 Å². The number of nitrogens with one attached hydrogen (secondary N) is 1. The fourth-order valence-corrected chi connectivity index (χ4v) is 1.43. The van der Waals surface area contributed by atoms with Gasteiger partial charge in [-0.3, -0.25) is 0 Å². The molecule has 0 amide bonds. The molecule has 1 aromatic carbocycles. The van der Waals surface area contributed by atoms with Crippen LogP contribution in [-0.2, 0) is 10.7 Å². The second-order valence-electron chi connectivity index (χ2n) is 3.38. The Bertz CT molecular complexity index is 334. The van der Waals surface area contributed by atoms with E-state index in [1.54, 1.807) is 6.07 Å². The van der Waals surface area contributed by atoms with Crippen LogP contribution < -0.4 is 5.32 Å². The highest BCUT2D eigenvalue weighted by Gasteiger charge is 2.30. The Kier molecular flexibility index (Phi) is 5.12. The van der Waals surface area contributed by atoms with Crippen LogP contribution in [-0.4, -0.2) is 26.8 Å². The minimum atomic E-state index is -2.92. The number of alkyl halides is 2. The molecule has 1 N–H and O–H groups in total. The van der Waals surface area contributed by atoms with Crippen molar-refractivity contribution in [1.82, 2.24) is 5.32 Å². The van der Waals surface area contributed by atoms with Gasteiger partial charge >= 0.3 is 0 Å². The van der Waals surface area contributed by atoms with Gasteiger partial charge in [0, 0.05) is 24.2 Å². The maximum atomic E-state index is 13.6. The predicted molar refractivity (Wildman–Crippen MR) is 60.1 cm³/mol. The SMILES string of the molecule is COCCNCC(F)(F)c1cccc(Cl)c1. The van der Waals surface area contributed by atoms with Crippen LogP contribution in [0, 0.1) is 0 Å². The molecule has 0 spiro atoms. The first kappa shape index (κ1) is 13.4. The highest BCUT2D eigenvalue weighted by atomic mass is 35.5. The van der Waals surface area contributed by atoms with Crippen LogP contribution in [0.15, 0.2) is 24.3 Å². The fraction of sp³-hybridized carbons (Fsp3) is 0.455. The zero-order valence-corrected chi connectivity index (χ0v) is 9.73. The van der Waals surface area contributed by atoms with E-state index in [1.165, 1.54) is 25.3 Å². The summed E-state index contributed by atoms with van der Waals surface area (Å²) in [4.78, 5) is 0. The minimum absolute atomic E-state index is 0.0788. The number of benzene rings is 1. The highest BCUT2D eigenvalue weighted by molar-refractivity contribution is 6.30. The Hall–Kier alpha value is -0.710. The van der Waals surface area contributed by atoms with E-state index in [0.29, 0.717) is 18.2 Å². The third kappa shape index (κ3) is 4.04. The Morgan fingerprint density at radius 2 is 2.19 bits per heavy atom. The van der Waals surface area contributed by atoms with Crippen LogP contribution in [0.25, 0.3) is 0 Å². The maximum Gasteiger partial charge on any atom is 0.285 e. The summed E-state index contributed by atoms with van der Waals surface area (Å²) in [5.74, 6) is -2.92. The summed E-state index contributed by atoms with van der Waals surface area (Å²) < 4.78 is 32.0. The van der Waals surface area contributed by atoms with Gasteiger partial charge in [0.1, 0.15) is 0 Å². The van der Waals surface area contributed by atoms with E-state index < -0.39 is 12.5 Å². The molecule has 0 unspecified atom stereocenters. The van der Waals surface area contributed by atoms with Gasteiger partial charge in [-0.05, 0) is 12.1 Å². The molecule has 0 aromatic heterocycles. The van der Waals surface area contributed by atoms with E-state index in [0.717, 1.165) is 0 Å². The molecular weight excluding hydrogens is 236 g/mol. The van der Waals surface area contributed by atoms with Gasteiger partial charge in [0.15, 0.2) is 0 Å². The number of hydrogen-bond acceptors (Lipinski definition) is 2. The first-order chi connectivity index (χ1) is 7.56. The summed E-state index contributed by atoms with van der Waals surface area (Å²) in [5, 5.41) is 2.94. The molecule has 0 radical (unpaired) electrons. The molecule has 1 rings (SSSR count). The van der Waals surface area contributed by atoms with Crippen LogP contribution >= 0.6 is 11.6 Å². The number of methoxy groups -OCH3 is 1. The lowest BCUT2D eigenvalue weighted by molar-refractivity contribution is -0.00414. The number of rotatable bonds is 6. The molecule has 0 saturated carbocycles. The minimum Gasteiger partial charge on any atom is -0.383 e. The Morgan fingerprint density at radius 1 is 1.44 bits per heavy atom. The normalized spacial score (nSPS) is 11.8. The molecular formula is C11H14ClF2NO. The summed E-state index contributed by atoms with van der Waals surface area (Å²) in [5.41, 5.74) is -0.0788. The summed E-state index contributed by atoms with van der Waals surface area (Å²) >= 11 is 5.66. The zero-order valence-electron chi connectivity index (χ0n) is 8.97. The van der Waals surface area contributed by atoms with Crippen LogP contribution in [0.2, 0.25) is 5.02 Å². The summed E-state index contributed by atoms with van der Waals surface area (Å²) in [7, 11) is 1.52. The van der Waals surface area contributed by atoms with E-state index in [1.807, 2.05) is 0 Å². The zero-order chi connectivity index (χ0) is 12.0. The van der Waals surface area contributed by atoms with Crippen LogP contribution in [0.5, 0.6) is 0 Å². The third-order valence-electron chi connectivity index (χ3n) is 2.08. The Balaban J connectivity index is 2.55. The highest BCUT2D eigenvalue weighted by Crippen LogP contribution is 2.28. The summed E-state index contributed by atoms with van der Waals surface area (Å²) in [6.45, 7) is 0.384. The van der Waals surface area contributed by atoms with Crippen molar-refractivity contribution in [3.63, 3.8) is 0 Å². The second-order valence-corrected chi connectivity index (χ2v) is 3.82. The van der Waals surface area contributed by atoms with Gasteiger partial charge in [-0.2, -0.15) is 8.78 Å². The Labute approximate surface area is 98.6 Å². The smallest absolute Gasteiger partial charge is 0.285 e. The molecule has 0 fully saturated rings. The van der Waals surface area contributed by atoms with E-state index >= 15 is 0 Å². The predicted octanol–water partition coefficient (Wildman–Crippen LogP) is 2.67. The topological polar surface area (TPSA) is 21.3 Å². The monoisotopic (exact) mass is 249 g/mol. The lowest BCUT2D eigenvalue weighted by atomic mass is 10.1. The van der Waals surface area contributed by atoms with Crippen LogP contribution in [0.3, 0.4) is 0 Å². The number of halogens is 3. The van der Waals surface area contributed by atoms with E-state index in [4.69, 9.17) is 16.3 Å². The molecule has 0 aliphatic rings. The maximum absolute atomic E-state index is 13.6. The van der Waals surface area contributed by atoms with Crippen molar-refractivity contribution in [2.45, 2.75) is 5.92 Å². The van der Waals surface area contributed by atoms with Crippen molar-refractivity contribution >= 4 is 11.6 Å². The molecule has 2 nitrogen and oxygen atoms in total. The van der Waals surface area contributed by atoms with Crippen molar-refractivity contribution < 1.29 is 13.5 Å². The van der Waals surface area contributed by atoms with Crippen molar-refractivity contribution in [2.75, 3.05) is 26.8 Å². The first-order valence-electron chi connectivity index (χ1n) is 4.90. The summed E-state index contributed by atoms with van der Waals surface area (Å²) in [6.07, 6.45) is 0. The van der Waals surface area contributed by atoms with Gasteiger partial charge in [0.2, 0.25) is 0 Å². The molecule has 90 valence electrons. The molecule has 1 aromatic rings. The molecule has 0 aliphatic heterocycles. The van der Waals surface area contributed by atoms with Gasteiger partial charge in [-0.15, -0.1) is 0 Å². The van der Waals surface area contributed by atoms with Gasteiger partial charge in [-0.1, -0.05) is 23.7 Å². The average molecular weight is 250 g/mol. The molecule has 0 saturated heterocycles. The Morgan fingerprint density at radius 3 is 2.81 bits per heavy atom. The molecule has 0 heterocycles. The molecule has 0 atom stereocenters. The van der Waals surface area contributed by atoms with Gasteiger partial charge in [-0.25, -0.2) is 0 Å². The van der Waals surface area contributed by atoms with Gasteiger partial charge in [0.25, 0.3) is 5.92 Å². The van der Waals surface area contributed by atoms with Gasteiger partial charge in [0.05, 0.1) is 13.2 Å². The number of ether oxygens (including phenoxy) is 1.